The summed E-state index contributed by atoms with van der Waals surface area (Å²) in [6, 6.07) is 0. The van der Waals surface area contributed by atoms with Crippen molar-refractivity contribution >= 4 is 46.5 Å². The molecule has 1 aromatic heterocycles. The van der Waals surface area contributed by atoms with Crippen molar-refractivity contribution in [1.29, 1.82) is 0 Å². The van der Waals surface area contributed by atoms with E-state index in [1.165, 1.54) is 0 Å². The lowest BCUT2D eigenvalue weighted by atomic mass is 10.3. The Hall–Kier alpha value is -0.710. The molecule has 0 aliphatic rings. The zero-order valence-electron chi connectivity index (χ0n) is 9.80. The van der Waals surface area contributed by atoms with Crippen LogP contribution in [0.1, 0.15) is 36.7 Å². The summed E-state index contributed by atoms with van der Waals surface area (Å²) in [4.78, 5) is 15.5. The third kappa shape index (κ3) is 3.64. The van der Waals surface area contributed by atoms with Crippen molar-refractivity contribution in [2.75, 3.05) is 12.3 Å². The molecule has 0 saturated heterocycles. The van der Waals surface area contributed by atoms with Crippen molar-refractivity contribution in [3.63, 3.8) is 0 Å². The molecule has 0 saturated carbocycles. The molecule has 2 N–H and O–H groups in total. The van der Waals surface area contributed by atoms with Crippen molar-refractivity contribution in [2.45, 2.75) is 26.2 Å². The summed E-state index contributed by atoms with van der Waals surface area (Å²) in [7, 11) is 0. The van der Waals surface area contributed by atoms with Crippen LogP contribution in [0.4, 0.5) is 5.69 Å². The second-order valence-corrected chi connectivity index (χ2v) is 4.75. The molecule has 0 aliphatic heterocycles. The number of halogens is 3. The van der Waals surface area contributed by atoms with Crippen LogP contribution in [0.5, 0.6) is 0 Å². The van der Waals surface area contributed by atoms with Gasteiger partial charge in [-0.1, -0.05) is 54.6 Å². The van der Waals surface area contributed by atoms with Gasteiger partial charge in [0.15, 0.2) is 10.8 Å². The number of aromatic nitrogens is 1. The van der Waals surface area contributed by atoms with E-state index in [9.17, 15) is 4.79 Å². The highest BCUT2D eigenvalue weighted by Gasteiger charge is 2.20. The van der Waals surface area contributed by atoms with Gasteiger partial charge in [0, 0.05) is 0 Å². The summed E-state index contributed by atoms with van der Waals surface area (Å²) in [6.07, 6.45) is 2.81. The molecule has 18 heavy (non-hydrogen) atoms. The molecule has 0 unspecified atom stereocenters. The maximum absolute atomic E-state index is 11.7. The first-order valence-corrected chi connectivity index (χ1v) is 6.59. The number of anilines is 1. The second-order valence-electron chi connectivity index (χ2n) is 3.64. The number of carbonyl (C=O) groups is 1. The molecule has 0 atom stereocenters. The number of nitrogen functional groups attached to an aromatic ring is 1. The van der Waals surface area contributed by atoms with Crippen molar-refractivity contribution < 1.29 is 9.53 Å². The van der Waals surface area contributed by atoms with Gasteiger partial charge in [0.2, 0.25) is 0 Å². The van der Waals surface area contributed by atoms with Crippen molar-refractivity contribution in [3.05, 3.63) is 20.9 Å². The number of hydrogen-bond acceptors (Lipinski definition) is 4. The lowest BCUT2D eigenvalue weighted by molar-refractivity contribution is 0.0491. The lowest BCUT2D eigenvalue weighted by Crippen LogP contribution is -2.10. The molecule has 0 radical (unpaired) electrons. The number of rotatable bonds is 5. The van der Waals surface area contributed by atoms with E-state index in [-0.39, 0.29) is 26.6 Å². The van der Waals surface area contributed by atoms with Gasteiger partial charge in [-0.25, -0.2) is 9.78 Å². The number of pyridine rings is 1. The highest BCUT2D eigenvalue weighted by Crippen LogP contribution is 2.34. The normalized spacial score (nSPS) is 10.4. The van der Waals surface area contributed by atoms with Gasteiger partial charge in [-0.15, -0.1) is 0 Å². The Bertz CT molecular complexity index is 452. The van der Waals surface area contributed by atoms with Crippen LogP contribution in [-0.2, 0) is 4.74 Å². The number of nitrogens with zero attached hydrogens (tertiary/aromatic N) is 1. The molecule has 0 bridgehead atoms. The Balaban J connectivity index is 2.80. The van der Waals surface area contributed by atoms with Gasteiger partial charge < -0.3 is 10.5 Å². The zero-order valence-corrected chi connectivity index (χ0v) is 12.1. The van der Waals surface area contributed by atoms with Crippen LogP contribution in [-0.4, -0.2) is 17.6 Å². The van der Waals surface area contributed by atoms with Crippen LogP contribution >= 0.6 is 34.8 Å². The SMILES string of the molecule is CCCCCOC(=O)c1nc(Cl)c(N)c(Cl)c1Cl. The number of ether oxygens (including phenoxy) is 1. The summed E-state index contributed by atoms with van der Waals surface area (Å²) < 4.78 is 5.02. The number of hydrogen-bond donors (Lipinski definition) is 1. The van der Waals surface area contributed by atoms with E-state index >= 15 is 0 Å². The molecule has 0 aliphatic carbocycles. The lowest BCUT2D eigenvalue weighted by Gasteiger charge is -2.08. The first-order chi connectivity index (χ1) is 8.49. The van der Waals surface area contributed by atoms with Crippen molar-refractivity contribution in [1.82, 2.24) is 4.98 Å². The molecule has 1 aromatic rings. The van der Waals surface area contributed by atoms with E-state index in [1.807, 2.05) is 0 Å². The van der Waals surface area contributed by atoms with E-state index < -0.39 is 5.97 Å². The van der Waals surface area contributed by atoms with Gasteiger partial charge in [-0.2, -0.15) is 0 Å². The van der Waals surface area contributed by atoms with Crippen LogP contribution in [0.15, 0.2) is 0 Å². The van der Waals surface area contributed by atoms with E-state index in [1.54, 1.807) is 0 Å². The first-order valence-electron chi connectivity index (χ1n) is 5.46. The summed E-state index contributed by atoms with van der Waals surface area (Å²) in [5.74, 6) is -0.653. The molecule has 0 aromatic carbocycles. The predicted octanol–water partition coefficient (Wildman–Crippen LogP) is 3.97. The molecule has 1 rings (SSSR count). The molecule has 4 nitrogen and oxygen atoms in total. The van der Waals surface area contributed by atoms with Crippen LogP contribution in [0.3, 0.4) is 0 Å². The van der Waals surface area contributed by atoms with Crippen LogP contribution in [0, 0.1) is 0 Å². The highest BCUT2D eigenvalue weighted by atomic mass is 35.5. The van der Waals surface area contributed by atoms with Gasteiger partial charge in [0.1, 0.15) is 0 Å². The molecular formula is C11H13Cl3N2O2. The second kappa shape index (κ2) is 7.02. The number of unbranched alkanes of at least 4 members (excludes halogenated alkanes) is 2. The van der Waals surface area contributed by atoms with Gasteiger partial charge in [0.25, 0.3) is 0 Å². The minimum Gasteiger partial charge on any atom is -0.461 e. The maximum atomic E-state index is 11.7. The topological polar surface area (TPSA) is 65.2 Å². The fraction of sp³-hybridized carbons (Fsp3) is 0.455. The van der Waals surface area contributed by atoms with Crippen LogP contribution in [0.2, 0.25) is 15.2 Å². The highest BCUT2D eigenvalue weighted by molar-refractivity contribution is 6.46. The predicted molar refractivity (Wildman–Crippen MR) is 73.5 cm³/mol. The minimum atomic E-state index is -0.653. The fourth-order valence-corrected chi connectivity index (χ4v) is 1.87. The number of esters is 1. The van der Waals surface area contributed by atoms with Gasteiger partial charge in [0.05, 0.1) is 22.3 Å². The van der Waals surface area contributed by atoms with Crippen molar-refractivity contribution in [3.8, 4) is 0 Å². The third-order valence-electron chi connectivity index (χ3n) is 2.24. The Morgan fingerprint density at radius 2 is 1.94 bits per heavy atom. The summed E-state index contributed by atoms with van der Waals surface area (Å²) in [6.45, 7) is 2.37. The average molecular weight is 312 g/mol. The smallest absolute Gasteiger partial charge is 0.358 e. The molecular weight excluding hydrogens is 298 g/mol. The standard InChI is InChI=1S/C11H13Cl3N2O2/c1-2-3-4-5-18-11(17)9-7(13)6(12)8(15)10(14)16-9/h2-5,15H2,1H3. The Labute approximate surface area is 120 Å². The minimum absolute atomic E-state index is 0.0113. The van der Waals surface area contributed by atoms with Crippen LogP contribution in [0.25, 0.3) is 0 Å². The van der Waals surface area contributed by atoms with Gasteiger partial charge in [-0.05, 0) is 6.42 Å². The molecule has 0 amide bonds. The number of nitrogens with two attached hydrogens (primary N) is 1. The first kappa shape index (κ1) is 15.3. The number of carbonyl (C=O) groups excluding carboxylic acids is 1. The average Bonchev–Trinajstić information content (AvgIpc) is 2.36. The molecule has 100 valence electrons. The summed E-state index contributed by atoms with van der Waals surface area (Å²) in [5.41, 5.74) is 5.46. The van der Waals surface area contributed by atoms with Crippen LogP contribution < -0.4 is 5.73 Å². The van der Waals surface area contributed by atoms with Gasteiger partial charge in [-0.3, -0.25) is 0 Å². The zero-order chi connectivity index (χ0) is 13.7. The third-order valence-corrected chi connectivity index (χ3v) is 3.39. The van der Waals surface area contributed by atoms with Crippen molar-refractivity contribution in [2.24, 2.45) is 0 Å². The molecule has 7 heteroatoms. The largest absolute Gasteiger partial charge is 0.461 e. The van der Waals surface area contributed by atoms with E-state index in [2.05, 4.69) is 11.9 Å². The monoisotopic (exact) mass is 310 g/mol. The molecule has 0 fully saturated rings. The summed E-state index contributed by atoms with van der Waals surface area (Å²) >= 11 is 17.4. The maximum Gasteiger partial charge on any atom is 0.358 e. The van der Waals surface area contributed by atoms with E-state index in [0.717, 1.165) is 19.3 Å². The Morgan fingerprint density at radius 3 is 2.56 bits per heavy atom. The molecule has 0 spiro atoms. The van der Waals surface area contributed by atoms with E-state index in [0.29, 0.717) is 6.61 Å². The summed E-state index contributed by atoms with van der Waals surface area (Å²) in [5, 5.41) is -0.0962. The Kier molecular flexibility index (Phi) is 5.99. The van der Waals surface area contributed by atoms with E-state index in [4.69, 9.17) is 45.3 Å². The fourth-order valence-electron chi connectivity index (χ4n) is 1.24. The quantitative estimate of drug-likeness (QED) is 0.507. The molecule has 1 heterocycles. The Morgan fingerprint density at radius 1 is 1.28 bits per heavy atom. The van der Waals surface area contributed by atoms with Gasteiger partial charge >= 0.3 is 5.97 Å².